The Balaban J connectivity index is 0.00000364. The van der Waals surface area contributed by atoms with E-state index in [4.69, 9.17) is 9.47 Å². The SMILES string of the molecule is COc1cc(NC(=O)C(C)(C)C)c(C(=O)N2CCCNCC2)cc1OC.Cl. The molecule has 0 bridgehead atoms. The van der Waals surface area contributed by atoms with Crippen molar-refractivity contribution in [2.75, 3.05) is 45.7 Å². The van der Waals surface area contributed by atoms with Crippen molar-refractivity contribution in [3.8, 4) is 11.5 Å². The number of hydrogen-bond donors (Lipinski definition) is 2. The number of anilines is 1. The zero-order valence-electron chi connectivity index (χ0n) is 16.7. The van der Waals surface area contributed by atoms with Crippen LogP contribution >= 0.6 is 12.4 Å². The van der Waals surface area contributed by atoms with Crippen molar-refractivity contribution in [2.24, 2.45) is 5.41 Å². The van der Waals surface area contributed by atoms with E-state index in [1.54, 1.807) is 17.0 Å². The number of rotatable bonds is 4. The summed E-state index contributed by atoms with van der Waals surface area (Å²) < 4.78 is 10.7. The van der Waals surface area contributed by atoms with Crippen LogP contribution in [0, 0.1) is 5.41 Å². The minimum atomic E-state index is -0.583. The highest BCUT2D eigenvalue weighted by Crippen LogP contribution is 2.35. The molecule has 0 unspecified atom stereocenters. The molecule has 1 aromatic carbocycles. The number of amides is 2. The molecular weight excluding hydrogens is 370 g/mol. The van der Waals surface area contributed by atoms with E-state index in [0.29, 0.717) is 35.8 Å². The maximum atomic E-state index is 13.1. The fourth-order valence-electron chi connectivity index (χ4n) is 2.69. The molecule has 0 radical (unpaired) electrons. The van der Waals surface area contributed by atoms with Crippen LogP contribution in [0.1, 0.15) is 37.6 Å². The Labute approximate surface area is 167 Å². The Morgan fingerprint density at radius 2 is 1.70 bits per heavy atom. The van der Waals surface area contributed by atoms with Crippen molar-refractivity contribution in [1.29, 1.82) is 0 Å². The molecule has 8 heteroatoms. The van der Waals surface area contributed by atoms with Gasteiger partial charge in [0.05, 0.1) is 25.5 Å². The molecule has 2 rings (SSSR count). The summed E-state index contributed by atoms with van der Waals surface area (Å²) in [5, 5.41) is 6.16. The molecule has 0 aliphatic carbocycles. The van der Waals surface area contributed by atoms with Gasteiger partial charge in [-0.3, -0.25) is 9.59 Å². The lowest BCUT2D eigenvalue weighted by Crippen LogP contribution is -2.35. The fourth-order valence-corrected chi connectivity index (χ4v) is 2.69. The second-order valence-corrected chi connectivity index (χ2v) is 7.35. The van der Waals surface area contributed by atoms with Gasteiger partial charge in [-0.25, -0.2) is 0 Å². The zero-order valence-corrected chi connectivity index (χ0v) is 17.5. The number of carbonyl (C=O) groups excluding carboxylic acids is 2. The zero-order chi connectivity index (χ0) is 19.3. The van der Waals surface area contributed by atoms with Gasteiger partial charge >= 0.3 is 0 Å². The van der Waals surface area contributed by atoms with Gasteiger partial charge in [0.1, 0.15) is 0 Å². The third kappa shape index (κ3) is 5.74. The first-order chi connectivity index (χ1) is 12.3. The predicted octanol–water partition coefficient (Wildman–Crippen LogP) is 2.55. The molecule has 7 nitrogen and oxygen atoms in total. The minimum absolute atomic E-state index is 0. The minimum Gasteiger partial charge on any atom is -0.493 e. The van der Waals surface area contributed by atoms with E-state index < -0.39 is 5.41 Å². The molecule has 1 saturated heterocycles. The molecule has 0 spiro atoms. The Bertz CT molecular complexity index is 666. The molecule has 0 atom stereocenters. The van der Waals surface area contributed by atoms with Crippen molar-refractivity contribution >= 4 is 29.9 Å². The molecule has 27 heavy (non-hydrogen) atoms. The maximum Gasteiger partial charge on any atom is 0.256 e. The topological polar surface area (TPSA) is 79.9 Å². The van der Waals surface area contributed by atoms with Crippen molar-refractivity contribution in [2.45, 2.75) is 27.2 Å². The Kier molecular flexibility index (Phi) is 8.37. The van der Waals surface area contributed by atoms with Gasteiger partial charge in [-0.2, -0.15) is 0 Å². The lowest BCUT2D eigenvalue weighted by Gasteiger charge is -2.24. The fraction of sp³-hybridized carbons (Fsp3) is 0.579. The normalized spacial score (nSPS) is 14.6. The second kappa shape index (κ2) is 9.80. The maximum absolute atomic E-state index is 13.1. The van der Waals surface area contributed by atoms with E-state index in [9.17, 15) is 9.59 Å². The molecule has 1 aromatic rings. The quantitative estimate of drug-likeness (QED) is 0.813. The monoisotopic (exact) mass is 399 g/mol. The number of nitrogens with zero attached hydrogens (tertiary/aromatic N) is 1. The van der Waals surface area contributed by atoms with Crippen LogP contribution in [-0.4, -0.2) is 57.1 Å². The van der Waals surface area contributed by atoms with Crippen molar-refractivity contribution < 1.29 is 19.1 Å². The predicted molar refractivity (Wildman–Crippen MR) is 108 cm³/mol. The average Bonchev–Trinajstić information content (AvgIpc) is 2.89. The van der Waals surface area contributed by atoms with Crippen LogP contribution in [-0.2, 0) is 4.79 Å². The summed E-state index contributed by atoms with van der Waals surface area (Å²) in [5.74, 6) is 0.624. The van der Waals surface area contributed by atoms with Gasteiger partial charge in [0.15, 0.2) is 11.5 Å². The van der Waals surface area contributed by atoms with Crippen LogP contribution in [0.3, 0.4) is 0 Å². The number of halogens is 1. The van der Waals surface area contributed by atoms with Crippen LogP contribution in [0.5, 0.6) is 11.5 Å². The molecule has 1 fully saturated rings. The second-order valence-electron chi connectivity index (χ2n) is 7.35. The lowest BCUT2D eigenvalue weighted by molar-refractivity contribution is -0.123. The summed E-state index contributed by atoms with van der Waals surface area (Å²) in [6.45, 7) is 8.42. The van der Waals surface area contributed by atoms with Crippen molar-refractivity contribution in [3.63, 3.8) is 0 Å². The number of methoxy groups -OCH3 is 2. The van der Waals surface area contributed by atoms with Crippen molar-refractivity contribution in [3.05, 3.63) is 17.7 Å². The number of benzene rings is 1. The standard InChI is InChI=1S/C19H29N3O4.ClH/c1-19(2,3)18(24)21-14-12-16(26-5)15(25-4)11-13(14)17(23)22-9-6-7-20-8-10-22;/h11-12,20H,6-10H2,1-5H3,(H,21,24);1H. The molecule has 1 aliphatic heterocycles. The first kappa shape index (κ1) is 23.0. The average molecular weight is 400 g/mol. The summed E-state index contributed by atoms with van der Waals surface area (Å²) in [4.78, 5) is 27.4. The molecule has 1 heterocycles. The smallest absolute Gasteiger partial charge is 0.256 e. The largest absolute Gasteiger partial charge is 0.493 e. The highest BCUT2D eigenvalue weighted by Gasteiger charge is 2.27. The van der Waals surface area contributed by atoms with Crippen LogP contribution in [0.2, 0.25) is 0 Å². The van der Waals surface area contributed by atoms with Gasteiger partial charge < -0.3 is 25.0 Å². The van der Waals surface area contributed by atoms with Gasteiger partial charge in [0.25, 0.3) is 5.91 Å². The third-order valence-electron chi connectivity index (χ3n) is 4.31. The summed E-state index contributed by atoms with van der Waals surface area (Å²) >= 11 is 0. The van der Waals surface area contributed by atoms with E-state index in [1.165, 1.54) is 14.2 Å². The Hall–Kier alpha value is -1.99. The number of ether oxygens (including phenoxy) is 2. The molecular formula is C19H30ClN3O4. The van der Waals surface area contributed by atoms with Crippen LogP contribution in [0.25, 0.3) is 0 Å². The van der Waals surface area contributed by atoms with Crippen molar-refractivity contribution in [1.82, 2.24) is 10.2 Å². The van der Waals surface area contributed by atoms with Crippen LogP contribution < -0.4 is 20.1 Å². The van der Waals surface area contributed by atoms with Crippen LogP contribution in [0.15, 0.2) is 12.1 Å². The number of hydrogen-bond acceptors (Lipinski definition) is 5. The Morgan fingerprint density at radius 1 is 1.07 bits per heavy atom. The highest BCUT2D eigenvalue weighted by molar-refractivity contribution is 6.05. The first-order valence-electron chi connectivity index (χ1n) is 8.85. The van der Waals surface area contributed by atoms with E-state index >= 15 is 0 Å². The number of nitrogens with one attached hydrogen (secondary N) is 2. The van der Waals surface area contributed by atoms with Crippen LogP contribution in [0.4, 0.5) is 5.69 Å². The highest BCUT2D eigenvalue weighted by atomic mass is 35.5. The molecule has 152 valence electrons. The summed E-state index contributed by atoms with van der Waals surface area (Å²) in [5.41, 5.74) is 0.256. The summed E-state index contributed by atoms with van der Waals surface area (Å²) in [6, 6.07) is 3.28. The molecule has 2 N–H and O–H groups in total. The van der Waals surface area contributed by atoms with Gasteiger partial charge in [-0.1, -0.05) is 20.8 Å². The Morgan fingerprint density at radius 3 is 2.30 bits per heavy atom. The van der Waals surface area contributed by atoms with Gasteiger partial charge in [-0.15, -0.1) is 12.4 Å². The number of carbonyl (C=O) groups is 2. The molecule has 0 aromatic heterocycles. The van der Waals surface area contributed by atoms with Gasteiger partial charge in [0, 0.05) is 31.1 Å². The van der Waals surface area contributed by atoms with E-state index in [0.717, 1.165) is 19.5 Å². The summed E-state index contributed by atoms with van der Waals surface area (Å²) in [6.07, 6.45) is 0.892. The van der Waals surface area contributed by atoms with E-state index in [1.807, 2.05) is 20.8 Å². The molecule has 2 amide bonds. The molecule has 1 aliphatic rings. The van der Waals surface area contributed by atoms with Gasteiger partial charge in [-0.05, 0) is 19.0 Å². The van der Waals surface area contributed by atoms with Gasteiger partial charge in [0.2, 0.25) is 5.91 Å². The summed E-state index contributed by atoms with van der Waals surface area (Å²) in [7, 11) is 3.05. The lowest BCUT2D eigenvalue weighted by atomic mass is 9.95. The van der Waals surface area contributed by atoms with E-state index in [2.05, 4.69) is 10.6 Å². The molecule has 0 saturated carbocycles. The third-order valence-corrected chi connectivity index (χ3v) is 4.31. The first-order valence-corrected chi connectivity index (χ1v) is 8.85. The van der Waals surface area contributed by atoms with E-state index in [-0.39, 0.29) is 24.2 Å².